The van der Waals surface area contributed by atoms with Crippen molar-refractivity contribution in [1.82, 2.24) is 23.9 Å². The van der Waals surface area contributed by atoms with E-state index in [4.69, 9.17) is 11.6 Å². The summed E-state index contributed by atoms with van der Waals surface area (Å²) < 4.78 is 5.47. The normalized spacial score (nSPS) is 11.5. The molecule has 0 radical (unpaired) electrons. The SMILES string of the molecule is Cc1nnsc1CN(C)Cc1c(Cl)nc2c(C)cccn2c1=O. The van der Waals surface area contributed by atoms with Crippen molar-refractivity contribution in [2.24, 2.45) is 0 Å². The van der Waals surface area contributed by atoms with Crippen molar-refractivity contribution in [3.63, 3.8) is 0 Å². The van der Waals surface area contributed by atoms with E-state index in [0.29, 0.717) is 24.3 Å². The first-order chi connectivity index (χ1) is 11.0. The summed E-state index contributed by atoms with van der Waals surface area (Å²) in [5.41, 5.74) is 2.79. The molecule has 0 unspecified atom stereocenters. The number of rotatable bonds is 4. The molecule has 0 bridgehead atoms. The summed E-state index contributed by atoms with van der Waals surface area (Å²) in [5.74, 6) is 0. The second kappa shape index (κ2) is 6.35. The molecule has 8 heteroatoms. The Morgan fingerprint density at radius 2 is 2.13 bits per heavy atom. The molecule has 0 aliphatic carbocycles. The van der Waals surface area contributed by atoms with Crippen LogP contribution in [-0.2, 0) is 13.1 Å². The first-order valence-corrected chi connectivity index (χ1v) is 8.25. The van der Waals surface area contributed by atoms with Crippen LogP contribution in [0, 0.1) is 13.8 Å². The molecule has 0 amide bonds. The van der Waals surface area contributed by atoms with Crippen molar-refractivity contribution in [2.45, 2.75) is 26.9 Å². The Kier molecular flexibility index (Phi) is 4.43. The van der Waals surface area contributed by atoms with Gasteiger partial charge >= 0.3 is 0 Å². The zero-order valence-electron chi connectivity index (χ0n) is 13.1. The molecule has 23 heavy (non-hydrogen) atoms. The molecule has 0 N–H and O–H groups in total. The first-order valence-electron chi connectivity index (χ1n) is 7.10. The molecule has 3 aromatic heterocycles. The number of nitrogens with zero attached hydrogens (tertiary/aromatic N) is 5. The van der Waals surface area contributed by atoms with Crippen LogP contribution in [0.15, 0.2) is 23.1 Å². The molecule has 3 aromatic rings. The molecule has 0 saturated heterocycles. The van der Waals surface area contributed by atoms with Gasteiger partial charge in [-0.3, -0.25) is 14.1 Å². The van der Waals surface area contributed by atoms with Gasteiger partial charge in [0.25, 0.3) is 5.56 Å². The van der Waals surface area contributed by atoms with Crippen molar-refractivity contribution >= 4 is 28.8 Å². The van der Waals surface area contributed by atoms with E-state index < -0.39 is 0 Å². The van der Waals surface area contributed by atoms with Crippen molar-refractivity contribution in [2.75, 3.05) is 7.05 Å². The van der Waals surface area contributed by atoms with Crippen LogP contribution in [0.25, 0.3) is 5.65 Å². The number of hydrogen-bond donors (Lipinski definition) is 0. The van der Waals surface area contributed by atoms with Crippen molar-refractivity contribution in [1.29, 1.82) is 0 Å². The van der Waals surface area contributed by atoms with Crippen LogP contribution in [0.4, 0.5) is 0 Å². The number of pyridine rings is 1. The van der Waals surface area contributed by atoms with Crippen LogP contribution in [0.1, 0.15) is 21.7 Å². The van der Waals surface area contributed by atoms with E-state index in [0.717, 1.165) is 16.1 Å². The second-order valence-electron chi connectivity index (χ2n) is 5.52. The van der Waals surface area contributed by atoms with Crippen LogP contribution in [0.2, 0.25) is 5.15 Å². The lowest BCUT2D eigenvalue weighted by Crippen LogP contribution is -2.27. The quantitative estimate of drug-likeness (QED) is 0.677. The van der Waals surface area contributed by atoms with Gasteiger partial charge in [-0.15, -0.1) is 5.10 Å². The van der Waals surface area contributed by atoms with Gasteiger partial charge < -0.3 is 0 Å². The Labute approximate surface area is 142 Å². The van der Waals surface area contributed by atoms with Gasteiger partial charge in [-0.2, -0.15) is 0 Å². The molecule has 0 spiro atoms. The minimum absolute atomic E-state index is 0.130. The third kappa shape index (κ3) is 3.12. The maximum absolute atomic E-state index is 12.7. The fraction of sp³-hybridized carbons (Fsp3) is 0.333. The Morgan fingerprint density at radius 1 is 1.35 bits per heavy atom. The zero-order valence-corrected chi connectivity index (χ0v) is 14.6. The standard InChI is InChI=1S/C15H16ClN5OS/c1-9-5-4-6-21-14(9)17-13(16)11(15(21)22)7-20(3)8-12-10(2)18-19-23-12/h4-6H,7-8H2,1-3H3. The van der Waals surface area contributed by atoms with E-state index in [1.807, 2.05) is 37.9 Å². The van der Waals surface area contributed by atoms with E-state index in [9.17, 15) is 4.79 Å². The Bertz CT molecular complexity index is 920. The van der Waals surface area contributed by atoms with E-state index in [1.165, 1.54) is 11.5 Å². The Balaban J connectivity index is 1.94. The molecule has 120 valence electrons. The summed E-state index contributed by atoms with van der Waals surface area (Å²) in [6.45, 7) is 4.91. The number of hydrogen-bond acceptors (Lipinski definition) is 6. The maximum atomic E-state index is 12.7. The van der Waals surface area contributed by atoms with Gasteiger partial charge in [0.15, 0.2) is 0 Å². The average Bonchev–Trinajstić information content (AvgIpc) is 2.90. The van der Waals surface area contributed by atoms with Gasteiger partial charge in [0.1, 0.15) is 10.8 Å². The maximum Gasteiger partial charge on any atom is 0.263 e. The van der Waals surface area contributed by atoms with E-state index in [1.54, 1.807) is 10.6 Å². The molecular weight excluding hydrogens is 334 g/mol. The van der Waals surface area contributed by atoms with Gasteiger partial charge in [-0.05, 0) is 44.1 Å². The summed E-state index contributed by atoms with van der Waals surface area (Å²) in [6, 6.07) is 3.74. The number of aryl methyl sites for hydroxylation is 2. The van der Waals surface area contributed by atoms with Crippen LogP contribution < -0.4 is 5.56 Å². The van der Waals surface area contributed by atoms with Gasteiger partial charge in [0, 0.05) is 19.3 Å². The van der Waals surface area contributed by atoms with Gasteiger partial charge in [0.05, 0.1) is 16.1 Å². The molecule has 0 saturated carbocycles. The largest absolute Gasteiger partial charge is 0.297 e. The monoisotopic (exact) mass is 349 g/mol. The summed E-state index contributed by atoms with van der Waals surface area (Å²) in [6.07, 6.45) is 1.72. The van der Waals surface area contributed by atoms with Gasteiger partial charge in [-0.25, -0.2) is 4.98 Å². The van der Waals surface area contributed by atoms with E-state index >= 15 is 0 Å². The topological polar surface area (TPSA) is 63.4 Å². The third-order valence-corrected chi connectivity index (χ3v) is 4.80. The van der Waals surface area contributed by atoms with Crippen LogP contribution in [-0.4, -0.2) is 30.9 Å². The number of fused-ring (bicyclic) bond motifs is 1. The highest BCUT2D eigenvalue weighted by Gasteiger charge is 2.15. The molecule has 0 fully saturated rings. The highest BCUT2D eigenvalue weighted by atomic mass is 35.5. The van der Waals surface area contributed by atoms with Gasteiger partial charge in [0.2, 0.25) is 0 Å². The van der Waals surface area contributed by atoms with E-state index in [-0.39, 0.29) is 10.7 Å². The molecule has 0 atom stereocenters. The van der Waals surface area contributed by atoms with E-state index in [2.05, 4.69) is 14.6 Å². The van der Waals surface area contributed by atoms with Crippen LogP contribution in [0.3, 0.4) is 0 Å². The lowest BCUT2D eigenvalue weighted by Gasteiger charge is -2.16. The lowest BCUT2D eigenvalue weighted by molar-refractivity contribution is 0.319. The van der Waals surface area contributed by atoms with Crippen molar-refractivity contribution in [3.05, 3.63) is 55.5 Å². The summed E-state index contributed by atoms with van der Waals surface area (Å²) >= 11 is 7.63. The lowest BCUT2D eigenvalue weighted by atomic mass is 10.2. The predicted octanol–water partition coefficient (Wildman–Crippen LogP) is 2.45. The first kappa shape index (κ1) is 16.0. The fourth-order valence-corrected chi connectivity index (χ4v) is 3.34. The molecular formula is C15H16ClN5OS. The molecule has 3 heterocycles. The number of halogens is 1. The molecule has 0 aromatic carbocycles. The van der Waals surface area contributed by atoms with Crippen molar-refractivity contribution in [3.8, 4) is 0 Å². The average molecular weight is 350 g/mol. The van der Waals surface area contributed by atoms with Crippen molar-refractivity contribution < 1.29 is 0 Å². The molecule has 6 nitrogen and oxygen atoms in total. The zero-order chi connectivity index (χ0) is 16.6. The third-order valence-electron chi connectivity index (χ3n) is 3.68. The highest BCUT2D eigenvalue weighted by molar-refractivity contribution is 7.05. The molecule has 0 aliphatic heterocycles. The smallest absolute Gasteiger partial charge is 0.263 e. The Hall–Kier alpha value is -1.83. The predicted molar refractivity (Wildman–Crippen MR) is 91.0 cm³/mol. The highest BCUT2D eigenvalue weighted by Crippen LogP contribution is 2.17. The molecule has 0 aliphatic rings. The van der Waals surface area contributed by atoms with Gasteiger partial charge in [-0.1, -0.05) is 22.2 Å². The van der Waals surface area contributed by atoms with Crippen LogP contribution in [0.5, 0.6) is 0 Å². The second-order valence-corrected chi connectivity index (χ2v) is 6.72. The fourth-order valence-electron chi connectivity index (χ4n) is 2.41. The number of aromatic nitrogens is 4. The van der Waals surface area contributed by atoms with Crippen LogP contribution >= 0.6 is 23.1 Å². The summed E-state index contributed by atoms with van der Waals surface area (Å²) in [4.78, 5) is 20.2. The minimum Gasteiger partial charge on any atom is -0.297 e. The minimum atomic E-state index is -0.130. The Morgan fingerprint density at radius 3 is 2.83 bits per heavy atom. The summed E-state index contributed by atoms with van der Waals surface area (Å²) in [7, 11) is 1.93. The summed E-state index contributed by atoms with van der Waals surface area (Å²) in [5, 5.41) is 4.26. The molecule has 3 rings (SSSR count).